The molecule has 2 aromatic rings. The molecule has 11 heteroatoms. The first-order valence-electron chi connectivity index (χ1n) is 19.4. The molecule has 2 amide bonds. The van der Waals surface area contributed by atoms with Crippen LogP contribution in [0.3, 0.4) is 0 Å². The van der Waals surface area contributed by atoms with Gasteiger partial charge in [0, 0.05) is 56.0 Å². The number of benzene rings is 2. The minimum Gasteiger partial charge on any atom is -0.496 e. The third kappa shape index (κ3) is 8.52. The van der Waals surface area contributed by atoms with Gasteiger partial charge in [0.2, 0.25) is 5.91 Å². The number of hydrogen-bond acceptors (Lipinski definition) is 9. The highest BCUT2D eigenvalue weighted by Crippen LogP contribution is 2.61. The molecule has 1 saturated heterocycles. The number of aliphatic hydroxyl groups excluding tert-OH is 1. The average molecular weight is 735 g/mol. The van der Waals surface area contributed by atoms with Crippen LogP contribution in [0, 0.1) is 35.0 Å². The molecule has 53 heavy (non-hydrogen) atoms. The van der Waals surface area contributed by atoms with Crippen LogP contribution < -0.4 is 20.3 Å². The molecule has 3 saturated carbocycles. The maximum absolute atomic E-state index is 14.6. The van der Waals surface area contributed by atoms with E-state index in [1.807, 2.05) is 55.4 Å². The summed E-state index contributed by atoms with van der Waals surface area (Å²) in [5.74, 6) is 1.11. The quantitative estimate of drug-likeness (QED) is 0.194. The molecule has 3 aliphatic carbocycles. The van der Waals surface area contributed by atoms with Crippen LogP contribution in [0.1, 0.15) is 89.6 Å². The molecule has 3 N–H and O–H groups in total. The van der Waals surface area contributed by atoms with Crippen LogP contribution in [0.2, 0.25) is 0 Å². The number of rotatable bonds is 15. The van der Waals surface area contributed by atoms with Crippen molar-refractivity contribution in [1.82, 2.24) is 15.7 Å². The van der Waals surface area contributed by atoms with Crippen LogP contribution in [0.4, 0.5) is 5.69 Å². The number of para-hydroxylation sites is 1. The largest absolute Gasteiger partial charge is 0.496 e. The zero-order chi connectivity index (χ0) is 38.8. The van der Waals surface area contributed by atoms with E-state index in [-0.39, 0.29) is 42.4 Å². The lowest BCUT2D eigenvalue weighted by atomic mass is 9.45. The number of ether oxygens (including phenoxy) is 2. The number of nitrogens with one attached hydrogen (secondary N) is 2. The van der Waals surface area contributed by atoms with Gasteiger partial charge < -0.3 is 30.1 Å². The van der Waals surface area contributed by atoms with E-state index < -0.39 is 24.2 Å². The molecule has 6 rings (SSSR count). The van der Waals surface area contributed by atoms with Crippen LogP contribution in [-0.2, 0) is 25.7 Å². The van der Waals surface area contributed by atoms with Crippen molar-refractivity contribution in [1.29, 1.82) is 0 Å². The van der Waals surface area contributed by atoms with Gasteiger partial charge in [-0.2, -0.15) is 5.06 Å². The second kappa shape index (κ2) is 16.8. The zero-order valence-electron chi connectivity index (χ0n) is 33.4. The summed E-state index contributed by atoms with van der Waals surface area (Å²) in [6.45, 7) is 12.8. The molecule has 11 nitrogen and oxygen atoms in total. The van der Waals surface area contributed by atoms with Gasteiger partial charge in [0.1, 0.15) is 24.0 Å². The molecular weight excluding hydrogens is 672 g/mol. The number of hydroxylamine groups is 2. The van der Waals surface area contributed by atoms with E-state index in [4.69, 9.17) is 14.3 Å². The first-order valence-corrected chi connectivity index (χ1v) is 19.4. The van der Waals surface area contributed by atoms with Crippen molar-refractivity contribution in [3.05, 3.63) is 47.5 Å². The van der Waals surface area contributed by atoms with E-state index in [1.165, 1.54) is 6.42 Å². The van der Waals surface area contributed by atoms with Crippen molar-refractivity contribution in [3.8, 4) is 16.9 Å². The Labute approximate surface area is 316 Å². The highest BCUT2D eigenvalue weighted by Gasteiger charge is 2.57. The van der Waals surface area contributed by atoms with Crippen molar-refractivity contribution in [2.75, 3.05) is 39.8 Å². The second-order valence-electron chi connectivity index (χ2n) is 16.7. The lowest BCUT2D eigenvalue weighted by molar-refractivity contribution is -0.183. The number of nitrogens with zero attached hydrogens (tertiary/aromatic N) is 2. The van der Waals surface area contributed by atoms with E-state index in [0.29, 0.717) is 41.4 Å². The Morgan fingerprint density at radius 3 is 2.45 bits per heavy atom. The summed E-state index contributed by atoms with van der Waals surface area (Å²) in [5.41, 5.74) is 3.95. The topological polar surface area (TPSA) is 130 Å². The van der Waals surface area contributed by atoms with Crippen LogP contribution in [-0.4, -0.2) is 87.1 Å². The van der Waals surface area contributed by atoms with Gasteiger partial charge >= 0.3 is 5.97 Å². The maximum Gasteiger partial charge on any atom is 0.306 e. The number of hydrogen-bond donors (Lipinski definition) is 3. The number of methoxy groups -OCH3 is 1. The molecule has 0 aromatic heterocycles. The van der Waals surface area contributed by atoms with Crippen LogP contribution in [0.5, 0.6) is 5.75 Å². The van der Waals surface area contributed by atoms with Crippen LogP contribution in [0.15, 0.2) is 36.4 Å². The van der Waals surface area contributed by atoms with Gasteiger partial charge in [-0.3, -0.25) is 19.2 Å². The predicted octanol–water partition coefficient (Wildman–Crippen LogP) is 5.83. The van der Waals surface area contributed by atoms with Crippen LogP contribution in [0.25, 0.3) is 11.1 Å². The summed E-state index contributed by atoms with van der Waals surface area (Å²) >= 11 is 0. The van der Waals surface area contributed by atoms with E-state index in [9.17, 15) is 19.5 Å². The molecule has 2 aromatic carbocycles. The lowest BCUT2D eigenvalue weighted by Crippen LogP contribution is -2.62. The molecule has 4 fully saturated rings. The molecule has 1 aliphatic heterocycles. The summed E-state index contributed by atoms with van der Waals surface area (Å²) in [6.07, 6.45) is 2.57. The Kier molecular flexibility index (Phi) is 12.8. The van der Waals surface area contributed by atoms with E-state index in [0.717, 1.165) is 41.6 Å². The van der Waals surface area contributed by atoms with Gasteiger partial charge in [0.25, 0.3) is 5.91 Å². The van der Waals surface area contributed by atoms with E-state index in [1.54, 1.807) is 26.1 Å². The fourth-order valence-corrected chi connectivity index (χ4v) is 9.11. The second-order valence-corrected chi connectivity index (χ2v) is 16.7. The number of carbonyl (C=O) groups excluding carboxylic acids is 3. The number of aliphatic hydroxyl groups is 1. The Morgan fingerprint density at radius 1 is 1.11 bits per heavy atom. The van der Waals surface area contributed by atoms with Gasteiger partial charge in [-0.25, -0.2) is 0 Å². The number of amides is 2. The molecular formula is C42H62N4O7. The zero-order valence-corrected chi connectivity index (χ0v) is 33.4. The van der Waals surface area contributed by atoms with Crippen LogP contribution >= 0.6 is 0 Å². The molecule has 4 aliphatic rings. The first kappa shape index (κ1) is 40.5. The molecule has 0 radical (unpaired) electrons. The van der Waals surface area contributed by atoms with Gasteiger partial charge in [-0.1, -0.05) is 59.2 Å². The maximum atomic E-state index is 14.6. The Balaban J connectivity index is 1.47. The van der Waals surface area contributed by atoms with Gasteiger partial charge in [0.05, 0.1) is 26.2 Å². The summed E-state index contributed by atoms with van der Waals surface area (Å²) in [7, 11) is 7.05. The number of anilines is 1. The Morgan fingerprint density at radius 2 is 1.85 bits per heavy atom. The van der Waals surface area contributed by atoms with E-state index in [2.05, 4.69) is 45.3 Å². The Bertz CT molecular complexity index is 1630. The normalized spacial score (nSPS) is 26.8. The highest BCUT2D eigenvalue weighted by molar-refractivity contribution is 5.97. The summed E-state index contributed by atoms with van der Waals surface area (Å²) < 4.78 is 12.0. The lowest BCUT2D eigenvalue weighted by Gasteiger charge is -2.62. The van der Waals surface area contributed by atoms with Gasteiger partial charge in [-0.05, 0) is 79.0 Å². The molecule has 2 unspecified atom stereocenters. The standard InChI is InChI=1S/C42H62N4O7/c1-24(2)13-11-16-36(48)52-26(4)37-35(23-47)53-46(38(37)41(50)44-34-21-30-20-33(25(34)3)42(30,5)6)22-27-14-12-15-32(39(27)51-10)28-17-29(40(49)43-7)19-31(18-28)45(8)9/h12,14-15,17-19,24-26,30,33-35,37-38,47H,11,13,16,20-23H2,1-10H3,(H,43,49)(H,44,50)/t25-,26?,30+,33-,34-,35-,37?,38-/m0/s1. The SMILES string of the molecule is CNC(=O)c1cc(-c2cccc(CN3O[C@@H](CO)C(C(C)OC(=O)CCCC(C)C)[C@H]3C(=O)N[C@H]3C[C@H]4C[C@@H]([C@@H]3C)C4(C)C)c2OC)cc(N(C)C)c1. The Hall–Kier alpha value is -3.67. The number of carbonyl (C=O) groups is 3. The average Bonchev–Trinajstić information content (AvgIpc) is 3.49. The third-order valence-electron chi connectivity index (χ3n) is 12.4. The van der Waals surface area contributed by atoms with Gasteiger partial charge in [-0.15, -0.1) is 0 Å². The first-order chi connectivity index (χ1) is 25.1. The summed E-state index contributed by atoms with van der Waals surface area (Å²) in [6, 6.07) is 10.6. The molecule has 2 bridgehead atoms. The van der Waals surface area contributed by atoms with Crippen molar-refractivity contribution in [3.63, 3.8) is 0 Å². The van der Waals surface area contributed by atoms with Crippen molar-refractivity contribution >= 4 is 23.5 Å². The van der Waals surface area contributed by atoms with Gasteiger partial charge in [0.15, 0.2) is 0 Å². The monoisotopic (exact) mass is 734 g/mol. The van der Waals surface area contributed by atoms with Crippen molar-refractivity contribution < 1.29 is 33.8 Å². The summed E-state index contributed by atoms with van der Waals surface area (Å²) in [5, 5.41) is 18.4. The third-order valence-corrected chi connectivity index (χ3v) is 12.4. The number of esters is 1. The van der Waals surface area contributed by atoms with Crippen molar-refractivity contribution in [2.24, 2.45) is 35.0 Å². The van der Waals surface area contributed by atoms with E-state index >= 15 is 0 Å². The molecule has 0 spiro atoms. The predicted molar refractivity (Wildman–Crippen MR) is 206 cm³/mol. The fourth-order valence-electron chi connectivity index (χ4n) is 9.11. The minimum atomic E-state index is -0.852. The minimum absolute atomic E-state index is 0.0141. The fraction of sp³-hybridized carbons (Fsp3) is 0.643. The van der Waals surface area contributed by atoms with Crippen molar-refractivity contribution in [2.45, 2.75) is 104 Å². The number of fused-ring (bicyclic) bond motifs is 2. The molecule has 292 valence electrons. The molecule has 8 atom stereocenters. The summed E-state index contributed by atoms with van der Waals surface area (Å²) in [4.78, 5) is 48.7. The molecule has 1 heterocycles. The highest BCUT2D eigenvalue weighted by atomic mass is 16.7. The smallest absolute Gasteiger partial charge is 0.306 e.